The normalized spacial score (nSPS) is 25.1. The molecule has 0 spiro atoms. The van der Waals surface area contributed by atoms with Gasteiger partial charge in [-0.15, -0.1) is 0 Å². The van der Waals surface area contributed by atoms with E-state index in [2.05, 4.69) is 4.90 Å². The lowest BCUT2D eigenvalue weighted by Gasteiger charge is -2.35. The monoisotopic (exact) mass is 225 g/mol. The fourth-order valence-electron chi connectivity index (χ4n) is 3.60. The third-order valence-electron chi connectivity index (χ3n) is 4.45. The highest BCUT2D eigenvalue weighted by Crippen LogP contribution is 2.29. The molecular formula is C14H27NO. The predicted octanol–water partition coefficient (Wildman–Crippen LogP) is 2.95. The lowest BCUT2D eigenvalue weighted by molar-refractivity contribution is 0.0949. The van der Waals surface area contributed by atoms with E-state index in [0.29, 0.717) is 6.61 Å². The fraction of sp³-hybridized carbons (Fsp3) is 1.00. The number of hydrogen-bond donors (Lipinski definition) is 1. The van der Waals surface area contributed by atoms with E-state index in [1.807, 2.05) is 0 Å². The van der Waals surface area contributed by atoms with Gasteiger partial charge in [0.25, 0.3) is 0 Å². The molecule has 0 aromatic heterocycles. The van der Waals surface area contributed by atoms with Crippen molar-refractivity contribution >= 4 is 0 Å². The first-order valence-corrected chi connectivity index (χ1v) is 7.28. The predicted molar refractivity (Wildman–Crippen MR) is 67.5 cm³/mol. The first-order valence-electron chi connectivity index (χ1n) is 7.28. The molecule has 2 fully saturated rings. The Labute approximate surface area is 100 Å². The van der Waals surface area contributed by atoms with Crippen molar-refractivity contribution in [3.05, 3.63) is 0 Å². The van der Waals surface area contributed by atoms with Crippen LogP contribution in [0.5, 0.6) is 0 Å². The van der Waals surface area contributed by atoms with Gasteiger partial charge >= 0.3 is 0 Å². The summed E-state index contributed by atoms with van der Waals surface area (Å²) in [5, 5.41) is 9.26. The Morgan fingerprint density at radius 2 is 1.19 bits per heavy atom. The maximum Gasteiger partial charge on any atom is 0.0558 e. The standard InChI is InChI=1S/C14H27NO/c16-12-11-15(14-9-5-6-10-14)13-7-3-1-2-4-8-13/h13-14,16H,1-12H2. The van der Waals surface area contributed by atoms with Crippen molar-refractivity contribution in [3.8, 4) is 0 Å². The maximum atomic E-state index is 9.26. The van der Waals surface area contributed by atoms with Crippen LogP contribution in [0.15, 0.2) is 0 Å². The van der Waals surface area contributed by atoms with Gasteiger partial charge in [-0.3, -0.25) is 4.90 Å². The van der Waals surface area contributed by atoms with Gasteiger partial charge in [-0.25, -0.2) is 0 Å². The van der Waals surface area contributed by atoms with E-state index in [1.54, 1.807) is 0 Å². The third-order valence-corrected chi connectivity index (χ3v) is 4.45. The first kappa shape index (κ1) is 12.4. The van der Waals surface area contributed by atoms with Crippen LogP contribution < -0.4 is 0 Å². The summed E-state index contributed by atoms with van der Waals surface area (Å²) in [6.45, 7) is 1.25. The maximum absolute atomic E-state index is 9.26. The van der Waals surface area contributed by atoms with Gasteiger partial charge in [-0.1, -0.05) is 38.5 Å². The molecule has 0 saturated heterocycles. The molecule has 2 saturated carbocycles. The molecule has 2 nitrogen and oxygen atoms in total. The summed E-state index contributed by atoms with van der Waals surface area (Å²) in [6.07, 6.45) is 13.9. The zero-order valence-electron chi connectivity index (χ0n) is 10.5. The molecule has 0 amide bonds. The molecule has 0 bridgehead atoms. The molecule has 0 atom stereocenters. The number of nitrogens with zero attached hydrogens (tertiary/aromatic N) is 1. The zero-order valence-corrected chi connectivity index (χ0v) is 10.5. The van der Waals surface area contributed by atoms with Crippen LogP contribution in [0.2, 0.25) is 0 Å². The van der Waals surface area contributed by atoms with Crippen molar-refractivity contribution in [2.75, 3.05) is 13.2 Å². The van der Waals surface area contributed by atoms with Gasteiger partial charge in [0.15, 0.2) is 0 Å². The van der Waals surface area contributed by atoms with Crippen LogP contribution in [-0.4, -0.2) is 35.2 Å². The molecule has 16 heavy (non-hydrogen) atoms. The average molecular weight is 225 g/mol. The molecule has 1 N–H and O–H groups in total. The lowest BCUT2D eigenvalue weighted by atomic mass is 10.0. The number of rotatable bonds is 4. The summed E-state index contributed by atoms with van der Waals surface area (Å²) in [6, 6.07) is 1.56. The Hall–Kier alpha value is -0.0800. The smallest absolute Gasteiger partial charge is 0.0558 e. The van der Waals surface area contributed by atoms with E-state index in [9.17, 15) is 5.11 Å². The Morgan fingerprint density at radius 1 is 0.750 bits per heavy atom. The summed E-state index contributed by atoms with van der Waals surface area (Å²) >= 11 is 0. The van der Waals surface area contributed by atoms with Gasteiger partial charge in [0, 0.05) is 18.6 Å². The second-order valence-electron chi connectivity index (χ2n) is 5.55. The van der Waals surface area contributed by atoms with Crippen molar-refractivity contribution in [1.29, 1.82) is 0 Å². The summed E-state index contributed by atoms with van der Waals surface area (Å²) < 4.78 is 0. The van der Waals surface area contributed by atoms with E-state index in [4.69, 9.17) is 0 Å². The van der Waals surface area contributed by atoms with Gasteiger partial charge in [-0.05, 0) is 25.7 Å². The Balaban J connectivity index is 1.92. The summed E-state index contributed by atoms with van der Waals surface area (Å²) in [7, 11) is 0. The molecule has 2 aliphatic carbocycles. The molecule has 0 unspecified atom stereocenters. The molecule has 0 radical (unpaired) electrons. The van der Waals surface area contributed by atoms with Crippen LogP contribution in [0.3, 0.4) is 0 Å². The van der Waals surface area contributed by atoms with Crippen molar-refractivity contribution in [3.63, 3.8) is 0 Å². The Bertz CT molecular complexity index is 181. The first-order chi connectivity index (χ1) is 7.92. The van der Waals surface area contributed by atoms with Gasteiger partial charge < -0.3 is 5.11 Å². The minimum absolute atomic E-state index is 0.340. The highest BCUT2D eigenvalue weighted by atomic mass is 16.3. The molecule has 0 heterocycles. The summed E-state index contributed by atoms with van der Waals surface area (Å²) in [5.74, 6) is 0. The molecule has 2 rings (SSSR count). The third kappa shape index (κ3) is 3.21. The number of aliphatic hydroxyl groups excluding tert-OH is 1. The largest absolute Gasteiger partial charge is 0.395 e. The average Bonchev–Trinajstić information content (AvgIpc) is 2.69. The molecule has 0 aliphatic heterocycles. The fourth-order valence-corrected chi connectivity index (χ4v) is 3.60. The van der Waals surface area contributed by atoms with Crippen LogP contribution in [0.1, 0.15) is 64.2 Å². The quantitative estimate of drug-likeness (QED) is 0.744. The van der Waals surface area contributed by atoms with Crippen molar-refractivity contribution in [2.45, 2.75) is 76.3 Å². The molecular weight excluding hydrogens is 198 g/mol. The van der Waals surface area contributed by atoms with Crippen LogP contribution in [0.4, 0.5) is 0 Å². The minimum atomic E-state index is 0.340. The van der Waals surface area contributed by atoms with Gasteiger partial charge in [0.05, 0.1) is 6.61 Å². The summed E-state index contributed by atoms with van der Waals surface area (Å²) in [4.78, 5) is 2.65. The van der Waals surface area contributed by atoms with E-state index in [-0.39, 0.29) is 0 Å². The Morgan fingerprint density at radius 3 is 1.62 bits per heavy atom. The van der Waals surface area contributed by atoms with E-state index in [0.717, 1.165) is 18.6 Å². The van der Waals surface area contributed by atoms with Crippen molar-refractivity contribution in [2.24, 2.45) is 0 Å². The SMILES string of the molecule is OCCN(C1CCCCCC1)C1CCCC1. The van der Waals surface area contributed by atoms with Gasteiger partial charge in [-0.2, -0.15) is 0 Å². The molecule has 2 heteroatoms. The molecule has 94 valence electrons. The van der Waals surface area contributed by atoms with Gasteiger partial charge in [0.1, 0.15) is 0 Å². The topological polar surface area (TPSA) is 23.5 Å². The van der Waals surface area contributed by atoms with Crippen LogP contribution >= 0.6 is 0 Å². The summed E-state index contributed by atoms with van der Waals surface area (Å²) in [5.41, 5.74) is 0. The lowest BCUT2D eigenvalue weighted by Crippen LogP contribution is -2.43. The van der Waals surface area contributed by atoms with E-state index in [1.165, 1.54) is 64.2 Å². The molecule has 0 aromatic rings. The molecule has 2 aliphatic rings. The second kappa shape index (κ2) is 6.61. The highest BCUT2D eigenvalue weighted by molar-refractivity contribution is 4.83. The number of aliphatic hydroxyl groups is 1. The second-order valence-corrected chi connectivity index (χ2v) is 5.55. The van der Waals surface area contributed by atoms with E-state index < -0.39 is 0 Å². The zero-order chi connectivity index (χ0) is 11.2. The van der Waals surface area contributed by atoms with Gasteiger partial charge in [0.2, 0.25) is 0 Å². The van der Waals surface area contributed by atoms with Crippen LogP contribution in [-0.2, 0) is 0 Å². The minimum Gasteiger partial charge on any atom is -0.395 e. The van der Waals surface area contributed by atoms with Crippen molar-refractivity contribution in [1.82, 2.24) is 4.90 Å². The van der Waals surface area contributed by atoms with Crippen LogP contribution in [0, 0.1) is 0 Å². The number of hydrogen-bond acceptors (Lipinski definition) is 2. The Kier molecular flexibility index (Phi) is 5.11. The van der Waals surface area contributed by atoms with Crippen molar-refractivity contribution < 1.29 is 5.11 Å². The molecule has 0 aromatic carbocycles. The van der Waals surface area contributed by atoms with Crippen LogP contribution in [0.25, 0.3) is 0 Å². The van der Waals surface area contributed by atoms with E-state index >= 15 is 0 Å². The highest BCUT2D eigenvalue weighted by Gasteiger charge is 2.28.